The van der Waals surface area contributed by atoms with E-state index in [0.717, 1.165) is 0 Å². The van der Waals surface area contributed by atoms with E-state index in [1.165, 1.54) is 31.2 Å². The van der Waals surface area contributed by atoms with E-state index < -0.39 is 24.7 Å². The number of nitrogens with zero attached hydrogens (tertiary/aromatic N) is 1. The quantitative estimate of drug-likeness (QED) is 0.281. The van der Waals surface area contributed by atoms with Crippen LogP contribution in [0.15, 0.2) is 54.6 Å². The van der Waals surface area contributed by atoms with Gasteiger partial charge in [-0.1, -0.05) is 18.2 Å². The Morgan fingerprint density at radius 3 is 2.24 bits per heavy atom. The Bertz CT molecular complexity index is 902. The summed E-state index contributed by atoms with van der Waals surface area (Å²) in [5, 5.41) is 13.3. The van der Waals surface area contributed by atoms with Crippen molar-refractivity contribution in [3.05, 3.63) is 64.7 Å². The average Bonchev–Trinajstić information content (AvgIpc) is 2.65. The predicted octanol–water partition coefficient (Wildman–Crippen LogP) is 3.08. The lowest BCUT2D eigenvalue weighted by Gasteiger charge is -2.28. The maximum absolute atomic E-state index is 13.3. The maximum atomic E-state index is 13.3. The van der Waals surface area contributed by atoms with Crippen LogP contribution in [0.3, 0.4) is 0 Å². The zero-order valence-electron chi connectivity index (χ0n) is 15.4. The van der Waals surface area contributed by atoms with Crippen LogP contribution in [0.5, 0.6) is 11.5 Å². The van der Waals surface area contributed by atoms with Crippen LogP contribution in [0.4, 0.5) is 5.69 Å². The van der Waals surface area contributed by atoms with Crippen molar-refractivity contribution in [2.24, 2.45) is 0 Å². The molecule has 1 saturated heterocycles. The second kappa shape index (κ2) is 9.04. The molecular weight excluding hydrogens is 403 g/mol. The molecule has 154 valence electrons. The van der Waals surface area contributed by atoms with Crippen LogP contribution in [0, 0.1) is 10.1 Å². The van der Waals surface area contributed by atoms with Gasteiger partial charge in [0.25, 0.3) is 5.69 Å². The van der Waals surface area contributed by atoms with Crippen LogP contribution in [0.2, 0.25) is 0 Å². The number of nitrogens with one attached hydrogen (secondary N) is 1. The van der Waals surface area contributed by atoms with E-state index >= 15 is 0 Å². The van der Waals surface area contributed by atoms with E-state index in [2.05, 4.69) is 5.09 Å². The molecule has 2 aromatic carbocycles. The van der Waals surface area contributed by atoms with Crippen molar-refractivity contribution in [1.82, 2.24) is 5.09 Å². The highest BCUT2D eigenvalue weighted by Gasteiger charge is 2.35. The molecule has 0 bridgehead atoms. The van der Waals surface area contributed by atoms with Gasteiger partial charge in [0.2, 0.25) is 0 Å². The number of esters is 1. The number of hydrogen-bond donors (Lipinski definition) is 1. The predicted molar refractivity (Wildman–Crippen MR) is 102 cm³/mol. The Labute approximate surface area is 166 Å². The third-order valence-electron chi connectivity index (χ3n) is 3.84. The molecule has 3 rings (SSSR count). The molecule has 1 aliphatic rings. The number of non-ortho nitro benzene ring substituents is 1. The summed E-state index contributed by atoms with van der Waals surface area (Å²) in [6.07, 6.45) is -0.336. The van der Waals surface area contributed by atoms with E-state index in [9.17, 15) is 19.5 Å². The molecule has 29 heavy (non-hydrogen) atoms. The Hall–Kier alpha value is -2.94. The molecule has 1 aliphatic heterocycles. The second-order valence-corrected chi connectivity index (χ2v) is 7.81. The summed E-state index contributed by atoms with van der Waals surface area (Å²) in [7, 11) is -4.10. The number of carbonyl (C=O) groups is 1. The molecule has 2 atom stereocenters. The molecule has 0 saturated carbocycles. The zero-order valence-corrected chi connectivity index (χ0v) is 16.3. The summed E-state index contributed by atoms with van der Waals surface area (Å²) in [6.45, 7) is 2.09. The molecule has 0 spiro atoms. The number of nitro benzene ring substituents is 1. The number of hydrogen-bond acceptors (Lipinski definition) is 8. The van der Waals surface area contributed by atoms with Gasteiger partial charge in [0.05, 0.1) is 18.1 Å². The summed E-state index contributed by atoms with van der Waals surface area (Å²) < 4.78 is 34.5. The fraction of sp³-hybridized carbons (Fsp3) is 0.278. The summed E-state index contributed by atoms with van der Waals surface area (Å²) in [5.41, 5.74) is -0.149. The van der Waals surface area contributed by atoms with Crippen LogP contribution >= 0.6 is 7.75 Å². The van der Waals surface area contributed by atoms with E-state index in [4.69, 9.17) is 18.5 Å². The third-order valence-corrected chi connectivity index (χ3v) is 5.44. The first-order valence-electron chi connectivity index (χ1n) is 8.69. The molecule has 1 fully saturated rings. The fourth-order valence-electron chi connectivity index (χ4n) is 2.30. The van der Waals surface area contributed by atoms with Crippen LogP contribution in [-0.4, -0.2) is 36.3 Å². The molecule has 1 heterocycles. The van der Waals surface area contributed by atoms with Gasteiger partial charge in [-0.05, 0) is 31.2 Å². The van der Waals surface area contributed by atoms with Gasteiger partial charge in [-0.3, -0.25) is 14.9 Å². The molecule has 2 unspecified atom stereocenters. The van der Waals surface area contributed by atoms with Crippen molar-refractivity contribution >= 4 is 19.4 Å². The molecular formula is C18H19N2O8P. The van der Waals surface area contributed by atoms with Crippen molar-refractivity contribution in [2.75, 3.05) is 13.2 Å². The largest absolute Gasteiger partial charge is 0.513 e. The van der Waals surface area contributed by atoms with E-state index in [1.54, 1.807) is 30.3 Å². The monoisotopic (exact) mass is 422 g/mol. The van der Waals surface area contributed by atoms with Gasteiger partial charge in [0, 0.05) is 12.1 Å². The van der Waals surface area contributed by atoms with Crippen LogP contribution in [0.1, 0.15) is 6.92 Å². The van der Waals surface area contributed by atoms with Gasteiger partial charge in [0.1, 0.15) is 23.6 Å². The molecule has 2 aromatic rings. The minimum Gasteiger partial charge on any atom is -0.456 e. The van der Waals surface area contributed by atoms with Crippen LogP contribution < -0.4 is 14.1 Å². The third kappa shape index (κ3) is 5.77. The summed E-state index contributed by atoms with van der Waals surface area (Å²) >= 11 is 0. The highest BCUT2D eigenvalue weighted by Crippen LogP contribution is 2.45. The molecule has 10 nitrogen and oxygen atoms in total. The van der Waals surface area contributed by atoms with Crippen molar-refractivity contribution in [3.63, 3.8) is 0 Å². The maximum Gasteiger partial charge on any atom is 0.513 e. The molecule has 1 N–H and O–H groups in total. The van der Waals surface area contributed by atoms with E-state index in [-0.39, 0.29) is 23.3 Å². The van der Waals surface area contributed by atoms with Gasteiger partial charge < -0.3 is 18.5 Å². The Morgan fingerprint density at radius 1 is 1.14 bits per heavy atom. The van der Waals surface area contributed by atoms with Crippen molar-refractivity contribution in [1.29, 1.82) is 0 Å². The SMILES string of the molecule is CC(NP(=O)(Oc1ccccc1)Oc1ccc([N+](=O)[O-])cc1)C(=O)OC1COC1. The molecule has 0 aliphatic carbocycles. The summed E-state index contributed by atoms with van der Waals surface area (Å²) in [4.78, 5) is 22.4. The minimum atomic E-state index is -4.10. The highest BCUT2D eigenvalue weighted by molar-refractivity contribution is 7.52. The number of nitro groups is 1. The summed E-state index contributed by atoms with van der Waals surface area (Å²) in [5.74, 6) is -0.323. The zero-order chi connectivity index (χ0) is 20.9. The first-order valence-corrected chi connectivity index (χ1v) is 10.2. The van der Waals surface area contributed by atoms with Gasteiger partial charge >= 0.3 is 13.7 Å². The minimum absolute atomic E-state index is 0.0651. The number of carbonyl (C=O) groups excluding carboxylic acids is 1. The Kier molecular flexibility index (Phi) is 6.48. The number of ether oxygens (including phenoxy) is 2. The average molecular weight is 422 g/mol. The van der Waals surface area contributed by atoms with E-state index in [0.29, 0.717) is 13.2 Å². The number of para-hydroxylation sites is 1. The molecule has 11 heteroatoms. The van der Waals surface area contributed by atoms with Gasteiger partial charge in [-0.25, -0.2) is 4.57 Å². The second-order valence-electron chi connectivity index (χ2n) is 6.19. The van der Waals surface area contributed by atoms with Crippen molar-refractivity contribution < 1.29 is 32.8 Å². The normalized spacial score (nSPS) is 16.7. The highest BCUT2D eigenvalue weighted by atomic mass is 31.2. The summed E-state index contributed by atoms with van der Waals surface area (Å²) in [6, 6.07) is 12.2. The van der Waals surface area contributed by atoms with Gasteiger partial charge in [-0.2, -0.15) is 5.09 Å². The van der Waals surface area contributed by atoms with E-state index in [1.807, 2.05) is 0 Å². The topological polar surface area (TPSA) is 126 Å². The lowest BCUT2D eigenvalue weighted by atomic mass is 10.3. The van der Waals surface area contributed by atoms with Crippen LogP contribution in [-0.2, 0) is 18.8 Å². The molecule has 0 aromatic heterocycles. The lowest BCUT2D eigenvalue weighted by Crippen LogP contribution is -2.43. The first kappa shape index (κ1) is 20.8. The van der Waals surface area contributed by atoms with Crippen molar-refractivity contribution in [3.8, 4) is 11.5 Å². The van der Waals surface area contributed by atoms with Crippen LogP contribution in [0.25, 0.3) is 0 Å². The van der Waals surface area contributed by atoms with Crippen molar-refractivity contribution in [2.45, 2.75) is 19.1 Å². The first-order chi connectivity index (χ1) is 13.8. The smallest absolute Gasteiger partial charge is 0.456 e. The fourth-order valence-corrected chi connectivity index (χ4v) is 3.82. The lowest BCUT2D eigenvalue weighted by molar-refractivity contribution is -0.384. The number of rotatable bonds is 9. The number of benzene rings is 2. The van der Waals surface area contributed by atoms with Gasteiger partial charge in [0.15, 0.2) is 0 Å². The molecule has 0 amide bonds. The standard InChI is InChI=1S/C18H19N2O8P/c1-13(18(21)26-17-11-25-12-17)19-29(24,27-15-5-3-2-4-6-15)28-16-9-7-14(8-10-16)20(22)23/h2-10,13,17H,11-12H2,1H3,(H,19,24). The Morgan fingerprint density at radius 2 is 1.72 bits per heavy atom. The molecule has 0 radical (unpaired) electrons. The van der Waals surface area contributed by atoms with Gasteiger partial charge in [-0.15, -0.1) is 0 Å². The Balaban J connectivity index is 1.75.